The van der Waals surface area contributed by atoms with Crippen molar-refractivity contribution in [3.8, 4) is 11.5 Å². The highest BCUT2D eigenvalue weighted by atomic mass is 19.3. The Morgan fingerprint density at radius 2 is 1.83 bits per heavy atom. The van der Waals surface area contributed by atoms with E-state index in [0.29, 0.717) is 26.2 Å². The summed E-state index contributed by atoms with van der Waals surface area (Å²) in [5.41, 5.74) is 0.0758. The number of piperazine rings is 1. The minimum Gasteiger partial charge on any atom is -0.504 e. The molecule has 3 N–H and O–H groups in total. The summed E-state index contributed by atoms with van der Waals surface area (Å²) in [5.74, 6) is -0.824. The number of alkyl halides is 2. The van der Waals surface area contributed by atoms with Gasteiger partial charge in [-0.05, 0) is 6.07 Å². The second-order valence-corrected chi connectivity index (χ2v) is 4.28. The maximum absolute atomic E-state index is 13.2. The van der Waals surface area contributed by atoms with Crippen LogP contribution in [0.1, 0.15) is 11.6 Å². The van der Waals surface area contributed by atoms with Gasteiger partial charge in [-0.15, -0.1) is 0 Å². The highest BCUT2D eigenvalue weighted by molar-refractivity contribution is 5.46. The Morgan fingerprint density at radius 3 is 2.44 bits per heavy atom. The van der Waals surface area contributed by atoms with Gasteiger partial charge in [0.2, 0.25) is 0 Å². The lowest BCUT2D eigenvalue weighted by molar-refractivity contribution is 0.0169. The Balaban J connectivity index is 2.31. The molecule has 1 aromatic carbocycles. The van der Waals surface area contributed by atoms with Crippen LogP contribution < -0.4 is 5.32 Å². The normalized spacial score (nSPS) is 19.1. The molecular formula is C12H16F2N2O2. The van der Waals surface area contributed by atoms with Gasteiger partial charge < -0.3 is 15.5 Å². The molecule has 0 unspecified atom stereocenters. The predicted molar refractivity (Wildman–Crippen MR) is 63.0 cm³/mol. The van der Waals surface area contributed by atoms with Gasteiger partial charge in [0.05, 0.1) is 0 Å². The fourth-order valence-corrected chi connectivity index (χ4v) is 2.24. The van der Waals surface area contributed by atoms with Gasteiger partial charge in [0.15, 0.2) is 11.5 Å². The van der Waals surface area contributed by atoms with E-state index in [9.17, 15) is 19.0 Å². The van der Waals surface area contributed by atoms with Gasteiger partial charge >= 0.3 is 0 Å². The van der Waals surface area contributed by atoms with Crippen LogP contribution in [-0.4, -0.2) is 47.7 Å². The molecule has 0 bridgehead atoms. The minimum absolute atomic E-state index is 0.0758. The number of rotatable bonds is 3. The molecule has 18 heavy (non-hydrogen) atoms. The summed E-state index contributed by atoms with van der Waals surface area (Å²) in [6.45, 7) is 2.26. The number of hydrogen-bond donors (Lipinski definition) is 3. The lowest BCUT2D eigenvalue weighted by Crippen LogP contribution is -2.46. The molecule has 1 fully saturated rings. The van der Waals surface area contributed by atoms with Crippen LogP contribution in [0.25, 0.3) is 0 Å². The van der Waals surface area contributed by atoms with Crippen molar-refractivity contribution in [2.75, 3.05) is 26.2 Å². The molecule has 1 aromatic rings. The summed E-state index contributed by atoms with van der Waals surface area (Å²) in [5, 5.41) is 22.2. The summed E-state index contributed by atoms with van der Waals surface area (Å²) >= 11 is 0. The lowest BCUT2D eigenvalue weighted by atomic mass is 10.0. The predicted octanol–water partition coefficient (Wildman–Crippen LogP) is 1.31. The molecule has 1 atom stereocenters. The average molecular weight is 258 g/mol. The number of nitrogens with zero attached hydrogens (tertiary/aromatic N) is 1. The Morgan fingerprint density at radius 1 is 1.17 bits per heavy atom. The lowest BCUT2D eigenvalue weighted by Gasteiger charge is -2.34. The first-order chi connectivity index (χ1) is 8.61. The van der Waals surface area contributed by atoms with E-state index in [0.717, 1.165) is 0 Å². The summed E-state index contributed by atoms with van der Waals surface area (Å²) in [6.07, 6.45) is -2.62. The number of nitrogens with one attached hydrogen (secondary N) is 1. The Bertz CT molecular complexity index is 409. The number of aromatic hydroxyl groups is 2. The van der Waals surface area contributed by atoms with Crippen LogP contribution in [0.3, 0.4) is 0 Å². The zero-order valence-electron chi connectivity index (χ0n) is 9.81. The van der Waals surface area contributed by atoms with E-state index < -0.39 is 18.2 Å². The van der Waals surface area contributed by atoms with Crippen LogP contribution in [0, 0.1) is 0 Å². The number of phenolic OH excluding ortho intramolecular Hbond substituents is 2. The molecule has 0 spiro atoms. The first-order valence-corrected chi connectivity index (χ1v) is 5.85. The summed E-state index contributed by atoms with van der Waals surface area (Å²) in [6, 6.07) is 2.98. The average Bonchev–Trinajstić information content (AvgIpc) is 2.36. The van der Waals surface area contributed by atoms with Gasteiger partial charge in [-0.3, -0.25) is 4.90 Å². The maximum Gasteiger partial charge on any atom is 0.258 e. The highest BCUT2D eigenvalue weighted by Gasteiger charge is 2.32. The monoisotopic (exact) mass is 258 g/mol. The standard InChI is InChI=1S/C12H16F2N2O2/c13-12(14)10(16-6-4-15-5-7-16)8-2-1-3-9(17)11(8)18/h1-3,10,12,15,17-18H,4-7H2/t10-/m1/s1. The largest absolute Gasteiger partial charge is 0.504 e. The number of benzene rings is 1. The Labute approximate surface area is 104 Å². The first-order valence-electron chi connectivity index (χ1n) is 5.85. The third-order valence-corrected chi connectivity index (χ3v) is 3.15. The van der Waals surface area contributed by atoms with Gasteiger partial charge in [-0.25, -0.2) is 8.78 Å². The molecule has 0 saturated carbocycles. The second kappa shape index (κ2) is 5.49. The smallest absolute Gasteiger partial charge is 0.258 e. The van der Waals surface area contributed by atoms with E-state index in [1.54, 1.807) is 4.90 Å². The van der Waals surface area contributed by atoms with Gasteiger partial charge in [0.1, 0.15) is 6.04 Å². The van der Waals surface area contributed by atoms with Crippen molar-refractivity contribution in [2.24, 2.45) is 0 Å². The Kier molecular flexibility index (Phi) is 3.98. The van der Waals surface area contributed by atoms with Crippen molar-refractivity contribution in [3.05, 3.63) is 23.8 Å². The van der Waals surface area contributed by atoms with Crippen LogP contribution in [-0.2, 0) is 0 Å². The van der Waals surface area contributed by atoms with Crippen LogP contribution in [0.5, 0.6) is 11.5 Å². The van der Waals surface area contributed by atoms with Gasteiger partial charge in [0.25, 0.3) is 6.43 Å². The van der Waals surface area contributed by atoms with Gasteiger partial charge in [-0.1, -0.05) is 12.1 Å². The number of halogens is 2. The van der Waals surface area contributed by atoms with Crippen molar-refractivity contribution in [1.82, 2.24) is 10.2 Å². The van der Waals surface area contributed by atoms with Crippen LogP contribution in [0.4, 0.5) is 8.78 Å². The zero-order chi connectivity index (χ0) is 13.1. The van der Waals surface area contributed by atoms with E-state index >= 15 is 0 Å². The van der Waals surface area contributed by atoms with Crippen LogP contribution in [0.15, 0.2) is 18.2 Å². The van der Waals surface area contributed by atoms with E-state index in [4.69, 9.17) is 0 Å². The molecule has 0 aliphatic carbocycles. The van der Waals surface area contributed by atoms with Crippen LogP contribution in [0.2, 0.25) is 0 Å². The third-order valence-electron chi connectivity index (χ3n) is 3.15. The van der Waals surface area contributed by atoms with E-state index in [1.807, 2.05) is 0 Å². The SMILES string of the molecule is Oc1cccc([C@H](C(F)F)N2CCNCC2)c1O. The molecular weight excluding hydrogens is 242 g/mol. The first kappa shape index (κ1) is 13.0. The quantitative estimate of drug-likeness (QED) is 0.715. The molecule has 0 aromatic heterocycles. The molecule has 2 rings (SSSR count). The van der Waals surface area contributed by atoms with E-state index in [-0.39, 0.29) is 11.3 Å². The fourth-order valence-electron chi connectivity index (χ4n) is 2.24. The number of phenols is 2. The summed E-state index contributed by atoms with van der Waals surface area (Å²) in [7, 11) is 0. The maximum atomic E-state index is 13.2. The molecule has 1 aliphatic heterocycles. The van der Waals surface area contributed by atoms with Crippen LogP contribution >= 0.6 is 0 Å². The van der Waals surface area contributed by atoms with Gasteiger partial charge in [-0.2, -0.15) is 0 Å². The topological polar surface area (TPSA) is 55.7 Å². The molecule has 0 amide bonds. The second-order valence-electron chi connectivity index (χ2n) is 4.28. The third kappa shape index (κ3) is 2.54. The molecule has 6 heteroatoms. The molecule has 1 heterocycles. The molecule has 1 aliphatic rings. The van der Waals surface area contributed by atoms with Crippen molar-refractivity contribution < 1.29 is 19.0 Å². The number of para-hydroxylation sites is 1. The fraction of sp³-hybridized carbons (Fsp3) is 0.500. The van der Waals surface area contributed by atoms with Crippen molar-refractivity contribution in [1.29, 1.82) is 0 Å². The van der Waals surface area contributed by atoms with Gasteiger partial charge in [0, 0.05) is 31.7 Å². The Hall–Kier alpha value is -1.40. The zero-order valence-corrected chi connectivity index (χ0v) is 9.81. The van der Waals surface area contributed by atoms with Crippen molar-refractivity contribution >= 4 is 0 Å². The number of hydrogen-bond acceptors (Lipinski definition) is 4. The summed E-state index contributed by atoms with van der Waals surface area (Å²) < 4.78 is 26.5. The highest BCUT2D eigenvalue weighted by Crippen LogP contribution is 2.38. The van der Waals surface area contributed by atoms with E-state index in [2.05, 4.69) is 5.32 Å². The van der Waals surface area contributed by atoms with Crippen molar-refractivity contribution in [3.63, 3.8) is 0 Å². The molecule has 4 nitrogen and oxygen atoms in total. The minimum atomic E-state index is -2.62. The molecule has 0 radical (unpaired) electrons. The molecule has 100 valence electrons. The summed E-state index contributed by atoms with van der Waals surface area (Å²) in [4.78, 5) is 1.62. The van der Waals surface area contributed by atoms with Crippen molar-refractivity contribution in [2.45, 2.75) is 12.5 Å². The van der Waals surface area contributed by atoms with E-state index in [1.165, 1.54) is 18.2 Å². The molecule has 1 saturated heterocycles.